The van der Waals surface area contributed by atoms with E-state index < -0.39 is 16.6 Å². The van der Waals surface area contributed by atoms with Crippen molar-refractivity contribution in [2.75, 3.05) is 11.4 Å². The molecule has 0 aliphatic heterocycles. The Morgan fingerprint density at radius 1 is 1.24 bits per heavy atom. The quantitative estimate of drug-likeness (QED) is 0.530. The molecule has 0 spiro atoms. The van der Waals surface area contributed by atoms with E-state index in [0.29, 0.717) is 18.2 Å². The minimum absolute atomic E-state index is 0.0305. The molecule has 0 bridgehead atoms. The summed E-state index contributed by atoms with van der Waals surface area (Å²) in [6.45, 7) is 4.47. The maximum atomic E-state index is 13.2. The molecule has 2 aromatic rings. The number of nitrogens with zero attached hydrogens (tertiary/aromatic N) is 2. The van der Waals surface area contributed by atoms with Crippen molar-refractivity contribution in [1.29, 1.82) is 0 Å². The molecule has 7 heteroatoms. The summed E-state index contributed by atoms with van der Waals surface area (Å²) in [4.78, 5) is 24.8. The smallest absolute Gasteiger partial charge is 0.288 e. The normalized spacial score (nSPS) is 10.8. The maximum absolute atomic E-state index is 13.2. The lowest BCUT2D eigenvalue weighted by Gasteiger charge is -2.24. The molecule has 0 saturated carbocycles. The van der Waals surface area contributed by atoms with E-state index in [4.69, 9.17) is 11.6 Å². The molecule has 0 aliphatic rings. The second kappa shape index (κ2) is 8.07. The number of carbonyl (C=O) groups excluding carboxylic acids is 1. The van der Waals surface area contributed by atoms with Crippen LogP contribution in [-0.4, -0.2) is 17.4 Å². The molecule has 132 valence electrons. The lowest BCUT2D eigenvalue weighted by Crippen LogP contribution is -2.32. The number of anilines is 1. The first-order chi connectivity index (χ1) is 11.8. The van der Waals surface area contributed by atoms with E-state index in [9.17, 15) is 19.3 Å². The molecule has 2 aromatic carbocycles. The Hall–Kier alpha value is -2.47. The van der Waals surface area contributed by atoms with Crippen LogP contribution in [0.15, 0.2) is 42.5 Å². The highest BCUT2D eigenvalue weighted by atomic mass is 35.5. The van der Waals surface area contributed by atoms with Gasteiger partial charge in [0.15, 0.2) is 0 Å². The Morgan fingerprint density at radius 2 is 1.88 bits per heavy atom. The molecular weight excluding hydrogens is 347 g/mol. The number of benzene rings is 2. The van der Waals surface area contributed by atoms with Crippen molar-refractivity contribution in [2.24, 2.45) is 5.92 Å². The van der Waals surface area contributed by atoms with Crippen molar-refractivity contribution in [3.05, 3.63) is 69.0 Å². The molecule has 0 aliphatic carbocycles. The van der Waals surface area contributed by atoms with Gasteiger partial charge in [-0.15, -0.1) is 0 Å². The molecule has 5 nitrogen and oxygen atoms in total. The molecule has 0 atom stereocenters. The summed E-state index contributed by atoms with van der Waals surface area (Å²) in [5.74, 6) is -0.440. The van der Waals surface area contributed by atoms with Crippen LogP contribution in [-0.2, 0) is 0 Å². The Labute approximate surface area is 150 Å². The van der Waals surface area contributed by atoms with Crippen molar-refractivity contribution in [2.45, 2.75) is 20.3 Å². The van der Waals surface area contributed by atoms with Crippen LogP contribution in [0.5, 0.6) is 0 Å². The van der Waals surface area contributed by atoms with Gasteiger partial charge in [0.25, 0.3) is 11.6 Å². The zero-order chi connectivity index (χ0) is 18.6. The average molecular weight is 365 g/mol. The standard InChI is InChI=1S/C18H18ClFN2O3/c1-12(2)9-10-21(15-6-4-14(20)5-7-15)18(23)13-3-8-16(19)17(11-13)22(24)25/h3-8,11-12H,9-10H2,1-2H3. The first kappa shape index (κ1) is 18.9. The Balaban J connectivity index is 2.39. The van der Waals surface area contributed by atoms with Crippen molar-refractivity contribution in [3.63, 3.8) is 0 Å². The van der Waals surface area contributed by atoms with Gasteiger partial charge in [0, 0.05) is 23.9 Å². The first-order valence-electron chi connectivity index (χ1n) is 7.81. The minimum Gasteiger partial charge on any atom is -0.308 e. The van der Waals surface area contributed by atoms with E-state index in [0.717, 1.165) is 12.5 Å². The van der Waals surface area contributed by atoms with Gasteiger partial charge in [-0.3, -0.25) is 14.9 Å². The van der Waals surface area contributed by atoms with Gasteiger partial charge in [0.05, 0.1) is 4.92 Å². The average Bonchev–Trinajstić information content (AvgIpc) is 2.56. The third kappa shape index (κ3) is 4.76. The van der Waals surface area contributed by atoms with Crippen molar-refractivity contribution >= 4 is 28.9 Å². The highest BCUT2D eigenvalue weighted by Gasteiger charge is 2.22. The SMILES string of the molecule is CC(C)CCN(C(=O)c1ccc(Cl)c([N+](=O)[O-])c1)c1ccc(F)cc1. The highest BCUT2D eigenvalue weighted by molar-refractivity contribution is 6.32. The summed E-state index contributed by atoms with van der Waals surface area (Å²) in [7, 11) is 0. The second-order valence-corrected chi connectivity index (χ2v) is 6.45. The van der Waals surface area contributed by atoms with Crippen LogP contribution in [0.2, 0.25) is 5.02 Å². The molecule has 0 fully saturated rings. The summed E-state index contributed by atoms with van der Waals surface area (Å²) in [6, 6.07) is 9.51. The lowest BCUT2D eigenvalue weighted by molar-refractivity contribution is -0.384. The van der Waals surface area contributed by atoms with E-state index in [1.807, 2.05) is 13.8 Å². The Kier molecular flexibility index (Phi) is 6.09. The van der Waals surface area contributed by atoms with E-state index >= 15 is 0 Å². The van der Waals surface area contributed by atoms with Crippen LogP contribution in [0.3, 0.4) is 0 Å². The summed E-state index contributed by atoms with van der Waals surface area (Å²) < 4.78 is 13.2. The largest absolute Gasteiger partial charge is 0.308 e. The van der Waals surface area contributed by atoms with Gasteiger partial charge in [-0.2, -0.15) is 0 Å². The van der Waals surface area contributed by atoms with Crippen LogP contribution in [0.1, 0.15) is 30.6 Å². The maximum Gasteiger partial charge on any atom is 0.288 e. The highest BCUT2D eigenvalue weighted by Crippen LogP contribution is 2.27. The molecular formula is C18H18ClFN2O3. The van der Waals surface area contributed by atoms with Crippen LogP contribution >= 0.6 is 11.6 Å². The number of halogens is 2. The van der Waals surface area contributed by atoms with Gasteiger partial charge >= 0.3 is 0 Å². The first-order valence-corrected chi connectivity index (χ1v) is 8.18. The van der Waals surface area contributed by atoms with Crippen LogP contribution in [0, 0.1) is 21.8 Å². The van der Waals surface area contributed by atoms with E-state index in [1.165, 1.54) is 41.3 Å². The predicted octanol–water partition coefficient (Wildman–Crippen LogP) is 5.08. The molecule has 0 radical (unpaired) electrons. The van der Waals surface area contributed by atoms with Gasteiger partial charge in [0.1, 0.15) is 10.8 Å². The van der Waals surface area contributed by atoms with Crippen molar-refractivity contribution in [1.82, 2.24) is 0 Å². The Bertz CT molecular complexity index is 778. The predicted molar refractivity (Wildman–Crippen MR) is 95.6 cm³/mol. The summed E-state index contributed by atoms with van der Waals surface area (Å²) in [6.07, 6.45) is 0.735. The second-order valence-electron chi connectivity index (χ2n) is 6.04. The van der Waals surface area contributed by atoms with Gasteiger partial charge in [-0.05, 0) is 48.7 Å². The molecule has 0 heterocycles. The zero-order valence-electron chi connectivity index (χ0n) is 13.9. The van der Waals surface area contributed by atoms with E-state index in [1.54, 1.807) is 0 Å². The Morgan fingerprint density at radius 3 is 2.44 bits per heavy atom. The molecule has 2 rings (SSSR count). The van der Waals surface area contributed by atoms with E-state index in [-0.39, 0.29) is 16.3 Å². The fourth-order valence-corrected chi connectivity index (χ4v) is 2.48. The number of hydrogen-bond donors (Lipinski definition) is 0. The van der Waals surface area contributed by atoms with Gasteiger partial charge in [0.2, 0.25) is 0 Å². The fraction of sp³-hybridized carbons (Fsp3) is 0.278. The molecule has 25 heavy (non-hydrogen) atoms. The number of amides is 1. The minimum atomic E-state index is -0.629. The number of nitro groups is 1. The van der Waals surface area contributed by atoms with Crippen molar-refractivity contribution in [3.8, 4) is 0 Å². The van der Waals surface area contributed by atoms with Gasteiger partial charge in [-0.25, -0.2) is 4.39 Å². The topological polar surface area (TPSA) is 63.5 Å². The number of carbonyl (C=O) groups is 1. The third-order valence-corrected chi connectivity index (χ3v) is 4.02. The van der Waals surface area contributed by atoms with Crippen LogP contribution < -0.4 is 4.90 Å². The molecule has 0 saturated heterocycles. The monoisotopic (exact) mass is 364 g/mol. The summed E-state index contributed by atoms with van der Waals surface area (Å²) in [5.41, 5.74) is 0.365. The molecule has 0 aromatic heterocycles. The fourth-order valence-electron chi connectivity index (χ4n) is 2.30. The summed E-state index contributed by atoms with van der Waals surface area (Å²) >= 11 is 5.80. The number of nitro benzene ring substituents is 1. The number of hydrogen-bond acceptors (Lipinski definition) is 3. The number of rotatable bonds is 6. The third-order valence-electron chi connectivity index (χ3n) is 3.70. The van der Waals surface area contributed by atoms with Gasteiger partial charge in [-0.1, -0.05) is 25.4 Å². The van der Waals surface area contributed by atoms with Gasteiger partial charge < -0.3 is 4.90 Å². The zero-order valence-corrected chi connectivity index (χ0v) is 14.7. The van der Waals surface area contributed by atoms with Crippen LogP contribution in [0.4, 0.5) is 15.8 Å². The molecule has 0 N–H and O–H groups in total. The van der Waals surface area contributed by atoms with Crippen LogP contribution in [0.25, 0.3) is 0 Å². The lowest BCUT2D eigenvalue weighted by atomic mass is 10.1. The molecule has 1 amide bonds. The van der Waals surface area contributed by atoms with Crippen molar-refractivity contribution < 1.29 is 14.1 Å². The van der Waals surface area contributed by atoms with E-state index in [2.05, 4.69) is 0 Å². The molecule has 0 unspecified atom stereocenters. The summed E-state index contributed by atoms with van der Waals surface area (Å²) in [5, 5.41) is 11.0.